The molecule has 0 bridgehead atoms. The third kappa shape index (κ3) is 3.96. The van der Waals surface area contributed by atoms with Gasteiger partial charge in [0.2, 0.25) is 10.0 Å². The van der Waals surface area contributed by atoms with Gasteiger partial charge in [-0.15, -0.1) is 0 Å². The molecule has 1 fully saturated rings. The maximum absolute atomic E-state index is 12.0. The van der Waals surface area contributed by atoms with E-state index in [1.807, 2.05) is 12.1 Å². The van der Waals surface area contributed by atoms with E-state index in [1.54, 1.807) is 19.1 Å². The largest absolute Gasteiger partial charge is 0.367 e. The topological polar surface area (TPSA) is 61.4 Å². The van der Waals surface area contributed by atoms with Gasteiger partial charge in [-0.2, -0.15) is 0 Å². The zero-order valence-corrected chi connectivity index (χ0v) is 13.6. The molecule has 0 aliphatic carbocycles. The summed E-state index contributed by atoms with van der Waals surface area (Å²) in [6.45, 7) is 7.39. The Hall–Kier alpha value is -1.11. The van der Waals surface area contributed by atoms with Crippen LogP contribution in [0.4, 0.5) is 5.69 Å². The molecule has 0 amide bonds. The fourth-order valence-corrected chi connectivity index (χ4v) is 3.80. The van der Waals surface area contributed by atoms with Gasteiger partial charge in [0.15, 0.2) is 0 Å². The first-order valence-corrected chi connectivity index (χ1v) is 9.14. The smallest absolute Gasteiger partial charge is 0.240 e. The lowest BCUT2D eigenvalue weighted by Crippen LogP contribution is -2.37. The highest BCUT2D eigenvalue weighted by Crippen LogP contribution is 2.22. The second-order valence-corrected chi connectivity index (χ2v) is 7.10. The van der Waals surface area contributed by atoms with E-state index in [9.17, 15) is 8.42 Å². The first-order chi connectivity index (χ1) is 10.1. The highest BCUT2D eigenvalue weighted by Gasteiger charge is 2.22. The van der Waals surface area contributed by atoms with Crippen molar-refractivity contribution in [3.63, 3.8) is 0 Å². The van der Waals surface area contributed by atoms with E-state index >= 15 is 0 Å². The van der Waals surface area contributed by atoms with E-state index in [0.29, 0.717) is 17.5 Å². The summed E-state index contributed by atoms with van der Waals surface area (Å²) in [6, 6.07) is 7.72. The van der Waals surface area contributed by atoms with Crippen molar-refractivity contribution in [3.8, 4) is 0 Å². The van der Waals surface area contributed by atoms with E-state index in [4.69, 9.17) is 0 Å². The molecule has 2 N–H and O–H groups in total. The van der Waals surface area contributed by atoms with Crippen LogP contribution in [-0.2, 0) is 10.0 Å². The number of hydrogen-bond acceptors (Lipinski definition) is 4. The van der Waals surface area contributed by atoms with E-state index in [2.05, 4.69) is 21.9 Å². The van der Waals surface area contributed by atoms with Crippen molar-refractivity contribution in [3.05, 3.63) is 24.3 Å². The first-order valence-electron chi connectivity index (χ1n) is 7.65. The molecule has 2 rings (SSSR count). The number of nitrogens with zero attached hydrogens (tertiary/aromatic N) is 1. The second-order valence-electron chi connectivity index (χ2n) is 5.34. The van der Waals surface area contributed by atoms with Crippen molar-refractivity contribution in [2.45, 2.75) is 37.6 Å². The summed E-state index contributed by atoms with van der Waals surface area (Å²) >= 11 is 0. The number of anilines is 1. The molecule has 1 unspecified atom stereocenters. The van der Waals surface area contributed by atoms with Crippen LogP contribution in [0.25, 0.3) is 0 Å². The van der Waals surface area contributed by atoms with Crippen LogP contribution in [0.15, 0.2) is 29.2 Å². The molecule has 5 nitrogen and oxygen atoms in total. The molecule has 0 aromatic heterocycles. The molecule has 1 atom stereocenters. The van der Waals surface area contributed by atoms with Crippen LogP contribution in [-0.4, -0.2) is 40.6 Å². The van der Waals surface area contributed by atoms with Crippen LogP contribution >= 0.6 is 0 Å². The Bertz CT molecular complexity index is 537. The highest BCUT2D eigenvalue weighted by atomic mass is 32.2. The van der Waals surface area contributed by atoms with E-state index in [0.717, 1.165) is 38.2 Å². The summed E-state index contributed by atoms with van der Waals surface area (Å²) in [7, 11) is -3.36. The van der Waals surface area contributed by atoms with Gasteiger partial charge in [0.1, 0.15) is 0 Å². The van der Waals surface area contributed by atoms with Crippen molar-refractivity contribution in [1.82, 2.24) is 10.0 Å². The molecule has 6 heteroatoms. The second kappa shape index (κ2) is 7.24. The van der Waals surface area contributed by atoms with Gasteiger partial charge in [0.25, 0.3) is 0 Å². The SMILES string of the molecule is CCCN(c1ccc(S(=O)(=O)NCC)cc1)C1CCNC1. The van der Waals surface area contributed by atoms with Gasteiger partial charge < -0.3 is 10.2 Å². The average molecular weight is 311 g/mol. The number of hydrogen-bond donors (Lipinski definition) is 2. The maximum Gasteiger partial charge on any atom is 0.240 e. The molecule has 21 heavy (non-hydrogen) atoms. The summed E-state index contributed by atoms with van der Waals surface area (Å²) in [5.41, 5.74) is 1.10. The molecule has 118 valence electrons. The summed E-state index contributed by atoms with van der Waals surface area (Å²) in [4.78, 5) is 2.71. The molecule has 1 heterocycles. The van der Waals surface area contributed by atoms with Crippen molar-refractivity contribution in [2.24, 2.45) is 0 Å². The summed E-state index contributed by atoms with van der Waals surface area (Å²) in [6.07, 6.45) is 2.21. The summed E-state index contributed by atoms with van der Waals surface area (Å²) < 4.78 is 26.4. The molecule has 1 saturated heterocycles. The monoisotopic (exact) mass is 311 g/mol. The lowest BCUT2D eigenvalue weighted by atomic mass is 10.1. The van der Waals surface area contributed by atoms with E-state index in [1.165, 1.54) is 0 Å². The molecule has 1 aliphatic rings. The van der Waals surface area contributed by atoms with Crippen LogP contribution < -0.4 is 14.9 Å². The third-order valence-corrected chi connectivity index (χ3v) is 5.31. The zero-order chi connectivity index (χ0) is 15.3. The Labute approximate surface area is 127 Å². The zero-order valence-electron chi connectivity index (χ0n) is 12.8. The Morgan fingerprint density at radius 2 is 2.00 bits per heavy atom. The summed E-state index contributed by atoms with van der Waals surface area (Å²) in [5.74, 6) is 0. The van der Waals surface area contributed by atoms with Gasteiger partial charge in [-0.05, 0) is 43.7 Å². The molecule has 0 saturated carbocycles. The number of sulfonamides is 1. The standard InChI is InChI=1S/C15H25N3O2S/c1-3-11-18(14-9-10-16-12-14)13-5-7-15(8-6-13)21(19,20)17-4-2/h5-8,14,16-17H,3-4,9-12H2,1-2H3. The molecule has 0 radical (unpaired) electrons. The molecule has 1 aliphatic heterocycles. The molecule has 1 aromatic carbocycles. The predicted octanol–water partition coefficient (Wildman–Crippen LogP) is 1.56. The Kier molecular flexibility index (Phi) is 5.61. The molecular weight excluding hydrogens is 286 g/mol. The van der Waals surface area contributed by atoms with Crippen molar-refractivity contribution in [1.29, 1.82) is 0 Å². The van der Waals surface area contributed by atoms with Crippen LogP contribution in [0.5, 0.6) is 0 Å². The van der Waals surface area contributed by atoms with Gasteiger partial charge in [0, 0.05) is 31.4 Å². The highest BCUT2D eigenvalue weighted by molar-refractivity contribution is 7.89. The van der Waals surface area contributed by atoms with Crippen LogP contribution in [0.3, 0.4) is 0 Å². The van der Waals surface area contributed by atoms with Gasteiger partial charge in [-0.1, -0.05) is 13.8 Å². The fraction of sp³-hybridized carbons (Fsp3) is 0.600. The van der Waals surface area contributed by atoms with Gasteiger partial charge in [0.05, 0.1) is 4.90 Å². The fourth-order valence-electron chi connectivity index (χ4n) is 2.76. The van der Waals surface area contributed by atoms with E-state index in [-0.39, 0.29) is 0 Å². The van der Waals surface area contributed by atoms with Crippen molar-refractivity contribution in [2.75, 3.05) is 31.1 Å². The Balaban J connectivity index is 2.19. The maximum atomic E-state index is 12.0. The predicted molar refractivity (Wildman–Crippen MR) is 86.2 cm³/mol. The lowest BCUT2D eigenvalue weighted by molar-refractivity contribution is 0.584. The minimum atomic E-state index is -3.36. The molecular formula is C15H25N3O2S. The van der Waals surface area contributed by atoms with Crippen molar-refractivity contribution < 1.29 is 8.42 Å². The number of nitrogens with one attached hydrogen (secondary N) is 2. The van der Waals surface area contributed by atoms with Crippen LogP contribution in [0.2, 0.25) is 0 Å². The third-order valence-electron chi connectivity index (χ3n) is 3.75. The van der Waals surface area contributed by atoms with Crippen molar-refractivity contribution >= 4 is 15.7 Å². The lowest BCUT2D eigenvalue weighted by Gasteiger charge is -2.30. The minimum absolute atomic E-state index is 0.328. The minimum Gasteiger partial charge on any atom is -0.367 e. The van der Waals surface area contributed by atoms with Crippen LogP contribution in [0.1, 0.15) is 26.7 Å². The van der Waals surface area contributed by atoms with Gasteiger partial charge in [-0.3, -0.25) is 0 Å². The Morgan fingerprint density at radius 3 is 2.52 bits per heavy atom. The molecule has 0 spiro atoms. The van der Waals surface area contributed by atoms with Gasteiger partial charge >= 0.3 is 0 Å². The number of rotatable bonds is 7. The normalized spacial score (nSPS) is 18.9. The Morgan fingerprint density at radius 1 is 1.29 bits per heavy atom. The quantitative estimate of drug-likeness (QED) is 0.802. The molecule has 1 aromatic rings. The number of benzene rings is 1. The van der Waals surface area contributed by atoms with E-state index < -0.39 is 10.0 Å². The van der Waals surface area contributed by atoms with Gasteiger partial charge in [-0.25, -0.2) is 13.1 Å². The summed E-state index contributed by atoms with van der Waals surface area (Å²) in [5, 5.41) is 3.39. The first kappa shape index (κ1) is 16.3. The van der Waals surface area contributed by atoms with Crippen LogP contribution in [0, 0.1) is 0 Å². The average Bonchev–Trinajstić information content (AvgIpc) is 2.99.